The average molecular weight is 360 g/mol. The average Bonchev–Trinajstić information content (AvgIpc) is 3.53. The van der Waals surface area contributed by atoms with Crippen LogP contribution in [-0.2, 0) is 14.3 Å². The van der Waals surface area contributed by atoms with E-state index >= 15 is 0 Å². The molecule has 1 saturated carbocycles. The predicted octanol–water partition coefficient (Wildman–Crippen LogP) is 5.46. The van der Waals surface area contributed by atoms with Gasteiger partial charge in [-0.1, -0.05) is 60.7 Å². The summed E-state index contributed by atoms with van der Waals surface area (Å²) in [5.74, 6) is 1.57. The molecule has 1 heterocycles. The van der Waals surface area contributed by atoms with Crippen LogP contribution in [0.2, 0.25) is 0 Å². The highest BCUT2D eigenvalue weighted by Crippen LogP contribution is 2.53. The second-order valence-corrected chi connectivity index (χ2v) is 7.06. The minimum atomic E-state index is -0.283. The minimum absolute atomic E-state index is 0.123. The maximum absolute atomic E-state index is 12.8. The fraction of sp³-hybridized carbons (Fsp3) is 0.292. The molecule has 0 saturated heterocycles. The van der Waals surface area contributed by atoms with E-state index < -0.39 is 0 Å². The summed E-state index contributed by atoms with van der Waals surface area (Å²) in [4.78, 5) is 12.8. The Bertz CT molecular complexity index is 890. The third-order valence-corrected chi connectivity index (χ3v) is 5.18. The van der Waals surface area contributed by atoms with Crippen molar-refractivity contribution in [3.05, 3.63) is 88.7 Å². The van der Waals surface area contributed by atoms with Gasteiger partial charge in [-0.25, -0.2) is 4.79 Å². The number of rotatable bonds is 5. The van der Waals surface area contributed by atoms with Crippen molar-refractivity contribution in [1.29, 1.82) is 0 Å². The van der Waals surface area contributed by atoms with Crippen LogP contribution < -0.4 is 0 Å². The summed E-state index contributed by atoms with van der Waals surface area (Å²) in [5.41, 5.74) is 4.01. The number of hydrogen-bond donors (Lipinski definition) is 0. The molecule has 2 aromatic carbocycles. The molecule has 1 fully saturated rings. The van der Waals surface area contributed by atoms with Crippen molar-refractivity contribution >= 4 is 11.7 Å². The van der Waals surface area contributed by atoms with E-state index in [2.05, 4.69) is 24.3 Å². The Morgan fingerprint density at radius 3 is 2.26 bits per heavy atom. The van der Waals surface area contributed by atoms with E-state index in [-0.39, 0.29) is 11.9 Å². The summed E-state index contributed by atoms with van der Waals surface area (Å²) in [5, 5.41) is 0. The molecule has 1 atom stereocenters. The molecule has 4 rings (SSSR count). The molecule has 0 amide bonds. The molecule has 2 aromatic rings. The zero-order valence-electron chi connectivity index (χ0n) is 15.8. The molecule has 138 valence electrons. The molecule has 0 radical (unpaired) electrons. The lowest BCUT2D eigenvalue weighted by atomic mass is 9.79. The lowest BCUT2D eigenvalue weighted by Gasteiger charge is -2.32. The van der Waals surface area contributed by atoms with Gasteiger partial charge >= 0.3 is 5.97 Å². The van der Waals surface area contributed by atoms with Crippen molar-refractivity contribution in [1.82, 2.24) is 0 Å². The number of carbonyl (C=O) groups is 1. The molecule has 0 spiro atoms. The Morgan fingerprint density at radius 1 is 1.04 bits per heavy atom. The molecule has 0 aromatic heterocycles. The van der Waals surface area contributed by atoms with Gasteiger partial charge in [0, 0.05) is 11.5 Å². The molecular weight excluding hydrogens is 336 g/mol. The van der Waals surface area contributed by atoms with Crippen LogP contribution in [0, 0.1) is 5.92 Å². The molecule has 3 heteroatoms. The molecule has 1 unspecified atom stereocenters. The van der Waals surface area contributed by atoms with E-state index in [1.54, 1.807) is 0 Å². The van der Waals surface area contributed by atoms with E-state index in [9.17, 15) is 4.79 Å². The van der Waals surface area contributed by atoms with Crippen molar-refractivity contribution in [2.75, 3.05) is 6.61 Å². The monoisotopic (exact) mass is 360 g/mol. The number of esters is 1. The summed E-state index contributed by atoms with van der Waals surface area (Å²) in [6, 6.07) is 20.4. The first-order valence-corrected chi connectivity index (χ1v) is 9.60. The third kappa shape index (κ3) is 3.42. The Morgan fingerprint density at radius 2 is 1.67 bits per heavy atom. The van der Waals surface area contributed by atoms with E-state index in [0.717, 1.165) is 29.7 Å². The van der Waals surface area contributed by atoms with Crippen LogP contribution in [0.5, 0.6) is 0 Å². The largest absolute Gasteiger partial charge is 0.463 e. The van der Waals surface area contributed by atoms with Gasteiger partial charge in [-0.3, -0.25) is 0 Å². The van der Waals surface area contributed by atoms with Crippen LogP contribution in [0.3, 0.4) is 0 Å². The first-order valence-electron chi connectivity index (χ1n) is 9.60. The highest BCUT2D eigenvalue weighted by molar-refractivity contribution is 5.93. The SMILES string of the molecule is CCOC(=O)C1=C(C)OC(c2ccccc2)=C(C2CC2)C1c1ccccc1. The number of ether oxygens (including phenoxy) is 2. The molecular formula is C24H24O3. The molecule has 3 nitrogen and oxygen atoms in total. The molecule has 0 N–H and O–H groups in total. The summed E-state index contributed by atoms with van der Waals surface area (Å²) in [7, 11) is 0. The fourth-order valence-corrected chi connectivity index (χ4v) is 3.85. The van der Waals surface area contributed by atoms with Crippen molar-refractivity contribution < 1.29 is 14.3 Å². The topological polar surface area (TPSA) is 35.5 Å². The van der Waals surface area contributed by atoms with Crippen LogP contribution in [-0.4, -0.2) is 12.6 Å². The number of hydrogen-bond acceptors (Lipinski definition) is 3. The predicted molar refractivity (Wildman–Crippen MR) is 106 cm³/mol. The molecule has 27 heavy (non-hydrogen) atoms. The fourth-order valence-electron chi connectivity index (χ4n) is 3.85. The Hall–Kier alpha value is -2.81. The lowest BCUT2D eigenvalue weighted by Crippen LogP contribution is -2.24. The van der Waals surface area contributed by atoms with E-state index in [1.807, 2.05) is 50.2 Å². The smallest absolute Gasteiger partial charge is 0.338 e. The number of benzene rings is 2. The number of carbonyl (C=O) groups excluding carboxylic acids is 1. The number of allylic oxidation sites excluding steroid dienone is 2. The quantitative estimate of drug-likeness (QED) is 0.664. The third-order valence-electron chi connectivity index (χ3n) is 5.18. The molecule has 2 aliphatic rings. The second kappa shape index (κ2) is 7.43. The van der Waals surface area contributed by atoms with E-state index in [1.165, 1.54) is 5.57 Å². The van der Waals surface area contributed by atoms with Gasteiger partial charge in [0.15, 0.2) is 0 Å². The van der Waals surface area contributed by atoms with Gasteiger partial charge in [-0.05, 0) is 43.7 Å². The van der Waals surface area contributed by atoms with Gasteiger partial charge in [-0.15, -0.1) is 0 Å². The van der Waals surface area contributed by atoms with Gasteiger partial charge < -0.3 is 9.47 Å². The Kier molecular flexibility index (Phi) is 4.85. The first kappa shape index (κ1) is 17.6. The summed E-state index contributed by atoms with van der Waals surface area (Å²) in [6.07, 6.45) is 2.26. The zero-order chi connectivity index (χ0) is 18.8. The van der Waals surface area contributed by atoms with Gasteiger partial charge in [0.1, 0.15) is 11.5 Å². The maximum atomic E-state index is 12.8. The first-order chi connectivity index (χ1) is 13.2. The Balaban J connectivity index is 1.91. The van der Waals surface area contributed by atoms with Crippen LogP contribution in [0.25, 0.3) is 5.76 Å². The summed E-state index contributed by atoms with van der Waals surface area (Å²) < 4.78 is 11.7. The standard InChI is InChI=1S/C24H24O3/c1-3-26-24(25)20-16(2)27-23(19-12-8-5-9-13-19)22(18-14-15-18)21(20)17-10-6-4-7-11-17/h4-13,18,21H,3,14-15H2,1-2H3. The van der Waals surface area contributed by atoms with Gasteiger partial charge in [0.2, 0.25) is 0 Å². The second-order valence-electron chi connectivity index (χ2n) is 7.06. The van der Waals surface area contributed by atoms with Crippen LogP contribution >= 0.6 is 0 Å². The molecule has 1 aliphatic heterocycles. The van der Waals surface area contributed by atoms with Crippen LogP contribution in [0.1, 0.15) is 43.7 Å². The van der Waals surface area contributed by atoms with E-state index in [4.69, 9.17) is 9.47 Å². The highest BCUT2D eigenvalue weighted by atomic mass is 16.5. The van der Waals surface area contributed by atoms with Crippen LogP contribution in [0.4, 0.5) is 0 Å². The summed E-state index contributed by atoms with van der Waals surface area (Å²) >= 11 is 0. The maximum Gasteiger partial charge on any atom is 0.338 e. The van der Waals surface area contributed by atoms with Gasteiger partial charge in [-0.2, -0.15) is 0 Å². The Labute approximate surface area is 160 Å². The van der Waals surface area contributed by atoms with Crippen molar-refractivity contribution in [3.8, 4) is 0 Å². The highest BCUT2D eigenvalue weighted by Gasteiger charge is 2.43. The normalized spacial score (nSPS) is 19.7. The van der Waals surface area contributed by atoms with Gasteiger partial charge in [0.05, 0.1) is 12.2 Å². The molecule has 0 bridgehead atoms. The summed E-state index contributed by atoms with van der Waals surface area (Å²) in [6.45, 7) is 4.06. The van der Waals surface area contributed by atoms with Gasteiger partial charge in [0.25, 0.3) is 0 Å². The zero-order valence-corrected chi connectivity index (χ0v) is 15.8. The van der Waals surface area contributed by atoms with Crippen molar-refractivity contribution in [3.63, 3.8) is 0 Å². The minimum Gasteiger partial charge on any atom is -0.463 e. The van der Waals surface area contributed by atoms with Crippen LogP contribution in [0.15, 0.2) is 77.6 Å². The van der Waals surface area contributed by atoms with Crippen molar-refractivity contribution in [2.24, 2.45) is 5.92 Å². The molecule has 1 aliphatic carbocycles. The lowest BCUT2D eigenvalue weighted by molar-refractivity contribution is -0.139. The van der Waals surface area contributed by atoms with Crippen molar-refractivity contribution in [2.45, 2.75) is 32.6 Å². The van der Waals surface area contributed by atoms with E-state index in [0.29, 0.717) is 23.9 Å².